The molecule has 1 heterocycles. The Labute approximate surface area is 114 Å². The predicted octanol–water partition coefficient (Wildman–Crippen LogP) is 1.12. The van der Waals surface area contributed by atoms with Crippen molar-refractivity contribution in [1.82, 2.24) is 4.57 Å². The molecule has 1 atom stereocenters. The summed E-state index contributed by atoms with van der Waals surface area (Å²) >= 11 is -1.32. The van der Waals surface area contributed by atoms with Gasteiger partial charge in [0, 0.05) is 5.69 Å². The third-order valence-electron chi connectivity index (χ3n) is 2.59. The highest BCUT2D eigenvalue weighted by Crippen LogP contribution is 2.07. The van der Waals surface area contributed by atoms with Gasteiger partial charge in [-0.2, -0.15) is 0 Å². The molecule has 0 spiro atoms. The molecular formula is C12H18N2O4S. The lowest BCUT2D eigenvalue weighted by Crippen LogP contribution is -2.30. The first-order valence-corrected chi connectivity index (χ1v) is 7.35. The van der Waals surface area contributed by atoms with E-state index in [2.05, 4.69) is 4.72 Å². The van der Waals surface area contributed by atoms with Gasteiger partial charge in [-0.25, -0.2) is 4.72 Å². The first kappa shape index (κ1) is 15.6. The Hall–Kier alpha value is -1.47. The van der Waals surface area contributed by atoms with Crippen molar-refractivity contribution in [2.75, 3.05) is 10.5 Å². The Kier molecular flexibility index (Phi) is 5.91. The zero-order valence-electron chi connectivity index (χ0n) is 11.0. The number of aliphatic carboxylic acids is 1. The lowest BCUT2D eigenvalue weighted by Gasteiger charge is -2.13. The molecule has 6 nitrogen and oxygen atoms in total. The predicted molar refractivity (Wildman–Crippen MR) is 74.6 cm³/mol. The van der Waals surface area contributed by atoms with Crippen LogP contribution < -0.4 is 10.3 Å². The highest BCUT2D eigenvalue weighted by Gasteiger charge is 2.13. The Morgan fingerprint density at radius 3 is 2.79 bits per heavy atom. The van der Waals surface area contributed by atoms with E-state index in [0.29, 0.717) is 11.4 Å². The molecule has 19 heavy (non-hydrogen) atoms. The third kappa shape index (κ3) is 4.60. The van der Waals surface area contributed by atoms with E-state index in [1.54, 1.807) is 13.0 Å². The number of aromatic nitrogens is 1. The zero-order chi connectivity index (χ0) is 14.4. The first-order valence-electron chi connectivity index (χ1n) is 6.03. The van der Waals surface area contributed by atoms with Crippen LogP contribution in [-0.2, 0) is 22.7 Å². The second kappa shape index (κ2) is 7.20. The maximum Gasteiger partial charge on any atom is 0.323 e. The molecular weight excluding hydrogens is 268 g/mol. The maximum atomic E-state index is 12.0. The van der Waals surface area contributed by atoms with E-state index in [0.717, 1.165) is 17.4 Å². The number of rotatable bonds is 7. The fourth-order valence-electron chi connectivity index (χ4n) is 1.53. The third-order valence-corrected chi connectivity index (χ3v) is 3.70. The number of anilines is 1. The second-order valence-corrected chi connectivity index (χ2v) is 5.48. The van der Waals surface area contributed by atoms with Crippen molar-refractivity contribution in [2.45, 2.75) is 33.2 Å². The molecule has 106 valence electrons. The Bertz CT molecular complexity index is 501. The van der Waals surface area contributed by atoms with Crippen LogP contribution in [0, 0.1) is 6.92 Å². The van der Waals surface area contributed by atoms with Crippen LogP contribution in [0.3, 0.4) is 0 Å². The van der Waals surface area contributed by atoms with Gasteiger partial charge in [-0.3, -0.25) is 14.2 Å². The van der Waals surface area contributed by atoms with Gasteiger partial charge in [-0.05, 0) is 25.5 Å². The van der Waals surface area contributed by atoms with Crippen LogP contribution in [0.4, 0.5) is 5.69 Å². The number of nitrogens with zero attached hydrogens (tertiary/aromatic N) is 1. The number of hydrogen-bond donors (Lipinski definition) is 2. The lowest BCUT2D eigenvalue weighted by atomic mass is 10.3. The van der Waals surface area contributed by atoms with Gasteiger partial charge < -0.3 is 9.66 Å². The molecule has 0 aliphatic rings. The van der Waals surface area contributed by atoms with Crippen LogP contribution in [0.5, 0.6) is 0 Å². The molecule has 7 heteroatoms. The molecule has 1 rings (SSSR count). The lowest BCUT2D eigenvalue weighted by molar-refractivity contribution is -0.137. The van der Waals surface area contributed by atoms with Crippen molar-refractivity contribution in [1.29, 1.82) is 0 Å². The van der Waals surface area contributed by atoms with E-state index in [4.69, 9.17) is 5.11 Å². The monoisotopic (exact) mass is 286 g/mol. The summed E-state index contributed by atoms with van der Waals surface area (Å²) < 4.78 is 15.4. The minimum atomic E-state index is -1.32. The van der Waals surface area contributed by atoms with Crippen LogP contribution in [-0.4, -0.2) is 25.9 Å². The highest BCUT2D eigenvalue weighted by atomic mass is 32.2. The molecule has 1 unspecified atom stereocenters. The number of carboxylic acids is 1. The molecule has 0 fully saturated rings. The maximum absolute atomic E-state index is 12.0. The molecule has 0 amide bonds. The highest BCUT2D eigenvalue weighted by molar-refractivity contribution is 7.92. The van der Waals surface area contributed by atoms with Gasteiger partial charge in [0.05, 0.1) is 11.4 Å². The number of unbranched alkanes of at least 4 members (excludes halogenated alkanes) is 1. The molecule has 1 aromatic heterocycles. The number of hydrogen-bond acceptors (Lipinski definition) is 4. The van der Waals surface area contributed by atoms with Crippen LogP contribution >= 0.6 is 0 Å². The van der Waals surface area contributed by atoms with Gasteiger partial charge in [0.2, 0.25) is 0 Å². The van der Waals surface area contributed by atoms with Crippen LogP contribution in [0.25, 0.3) is 0 Å². The Balaban J connectivity index is 2.91. The molecule has 1 aromatic rings. The summed E-state index contributed by atoms with van der Waals surface area (Å²) in [5, 5.41) is 8.76. The van der Waals surface area contributed by atoms with E-state index in [1.807, 2.05) is 6.92 Å². The van der Waals surface area contributed by atoms with E-state index in [1.165, 1.54) is 6.07 Å². The molecule has 0 aromatic carbocycles. The largest absolute Gasteiger partial charge is 0.593 e. The van der Waals surface area contributed by atoms with E-state index in [9.17, 15) is 14.1 Å². The summed E-state index contributed by atoms with van der Waals surface area (Å²) in [6, 6.07) is 3.16. The van der Waals surface area contributed by atoms with E-state index >= 15 is 0 Å². The van der Waals surface area contributed by atoms with Gasteiger partial charge in [-0.1, -0.05) is 13.3 Å². The van der Waals surface area contributed by atoms with Crippen LogP contribution in [0.1, 0.15) is 25.5 Å². The molecule has 0 bridgehead atoms. The molecule has 0 aliphatic heterocycles. The molecule has 0 radical (unpaired) electrons. The molecule has 0 saturated carbocycles. The quantitative estimate of drug-likeness (QED) is 0.732. The summed E-state index contributed by atoms with van der Waals surface area (Å²) in [7, 11) is 0. The van der Waals surface area contributed by atoms with Gasteiger partial charge in [0.1, 0.15) is 18.0 Å². The van der Waals surface area contributed by atoms with Crippen molar-refractivity contribution in [3.63, 3.8) is 0 Å². The van der Waals surface area contributed by atoms with E-state index in [-0.39, 0.29) is 5.69 Å². The number of nitrogens with one attached hydrogen (secondary N) is 1. The van der Waals surface area contributed by atoms with Crippen molar-refractivity contribution in [3.05, 3.63) is 28.2 Å². The standard InChI is InChI=1S/C12H18N2O4S/c1-3-4-7-19(18)13-10-6-5-9(2)14(12(10)17)8-11(15)16/h5-6,13H,3-4,7-8H2,1-2H3,(H,15,16). The average molecular weight is 286 g/mol. The molecule has 0 saturated heterocycles. The van der Waals surface area contributed by atoms with Gasteiger partial charge in [0.15, 0.2) is 0 Å². The minimum absolute atomic E-state index is 0.168. The van der Waals surface area contributed by atoms with Crippen molar-refractivity contribution < 1.29 is 14.5 Å². The van der Waals surface area contributed by atoms with Crippen molar-refractivity contribution >= 4 is 23.0 Å². The topological polar surface area (TPSA) is 94.4 Å². The van der Waals surface area contributed by atoms with Crippen LogP contribution in [0.2, 0.25) is 0 Å². The Morgan fingerprint density at radius 2 is 2.21 bits per heavy atom. The minimum Gasteiger partial charge on any atom is -0.593 e. The fourth-order valence-corrected chi connectivity index (χ4v) is 2.58. The molecule has 0 aliphatic carbocycles. The van der Waals surface area contributed by atoms with E-state index < -0.39 is 29.4 Å². The van der Waals surface area contributed by atoms with Gasteiger partial charge in [-0.15, -0.1) is 0 Å². The van der Waals surface area contributed by atoms with Gasteiger partial charge >= 0.3 is 5.97 Å². The smallest absolute Gasteiger partial charge is 0.323 e. The summed E-state index contributed by atoms with van der Waals surface area (Å²) in [5.41, 5.74) is 0.255. The molecule has 2 N–H and O–H groups in total. The van der Waals surface area contributed by atoms with Crippen molar-refractivity contribution in [2.24, 2.45) is 0 Å². The number of aryl methyl sites for hydroxylation is 1. The first-order chi connectivity index (χ1) is 8.95. The zero-order valence-corrected chi connectivity index (χ0v) is 11.8. The number of carboxylic acid groups (broad SMARTS) is 1. The summed E-state index contributed by atoms with van der Waals surface area (Å²) in [4.78, 5) is 22.7. The average Bonchev–Trinajstić information content (AvgIpc) is 2.35. The Morgan fingerprint density at radius 1 is 1.53 bits per heavy atom. The summed E-state index contributed by atoms with van der Waals surface area (Å²) in [6.45, 7) is 3.24. The summed E-state index contributed by atoms with van der Waals surface area (Å²) in [6.07, 6.45) is 1.72. The fraction of sp³-hybridized carbons (Fsp3) is 0.500. The normalized spacial score (nSPS) is 12.2. The van der Waals surface area contributed by atoms with Crippen molar-refractivity contribution in [3.8, 4) is 0 Å². The number of carbonyl (C=O) groups is 1. The second-order valence-electron chi connectivity index (χ2n) is 4.18. The van der Waals surface area contributed by atoms with Gasteiger partial charge in [0.25, 0.3) is 5.56 Å². The summed E-state index contributed by atoms with van der Waals surface area (Å²) in [5.74, 6) is -0.627. The van der Waals surface area contributed by atoms with Crippen LogP contribution in [0.15, 0.2) is 16.9 Å². The number of pyridine rings is 1. The SMILES string of the molecule is CCCC[S+]([O-])Nc1ccc(C)n(CC(=O)O)c1=O.